The molecule has 0 aliphatic carbocycles. The molecule has 2 aromatic carbocycles. The van der Waals surface area contributed by atoms with Crippen LogP contribution in [-0.2, 0) is 0 Å². The molecule has 0 saturated heterocycles. The molecule has 0 fully saturated rings. The number of halogens is 2. The molecule has 0 bridgehead atoms. The highest BCUT2D eigenvalue weighted by Gasteiger charge is 2.13. The number of rotatable bonds is 5. The Morgan fingerprint density at radius 2 is 1.69 bits per heavy atom. The zero-order valence-corrected chi connectivity index (χ0v) is 17.3. The maximum Gasteiger partial charge on any atom is 0.256 e. The zero-order valence-electron chi connectivity index (χ0n) is 15.7. The second-order valence-corrected chi connectivity index (χ2v) is 7.33. The van der Waals surface area contributed by atoms with Gasteiger partial charge in [0.25, 0.3) is 11.8 Å². The van der Waals surface area contributed by atoms with Crippen LogP contribution in [0.25, 0.3) is 0 Å². The van der Waals surface area contributed by atoms with Crippen LogP contribution in [0.2, 0.25) is 0 Å². The van der Waals surface area contributed by atoms with Crippen LogP contribution in [-0.4, -0.2) is 30.9 Å². The van der Waals surface area contributed by atoms with Crippen molar-refractivity contribution in [3.8, 4) is 0 Å². The molecule has 0 unspecified atom stereocenters. The number of amides is 2. The van der Waals surface area contributed by atoms with Crippen LogP contribution < -0.4 is 15.5 Å². The van der Waals surface area contributed by atoms with Crippen molar-refractivity contribution in [3.05, 3.63) is 82.2 Å². The summed E-state index contributed by atoms with van der Waals surface area (Å²) in [5.41, 5.74) is 1.34. The summed E-state index contributed by atoms with van der Waals surface area (Å²) in [5, 5.41) is 5.36. The number of aromatic nitrogens is 1. The summed E-state index contributed by atoms with van der Waals surface area (Å²) in [6.45, 7) is 0. The lowest BCUT2D eigenvalue weighted by Gasteiger charge is -2.14. The van der Waals surface area contributed by atoms with Gasteiger partial charge in [-0.05, 0) is 64.5 Å². The van der Waals surface area contributed by atoms with Crippen molar-refractivity contribution < 1.29 is 14.0 Å². The summed E-state index contributed by atoms with van der Waals surface area (Å²) < 4.78 is 14.9. The fourth-order valence-electron chi connectivity index (χ4n) is 2.59. The Morgan fingerprint density at radius 3 is 2.34 bits per heavy atom. The average molecular weight is 457 g/mol. The number of benzene rings is 2. The van der Waals surface area contributed by atoms with Gasteiger partial charge in [0.05, 0.1) is 5.69 Å². The quantitative estimate of drug-likeness (QED) is 0.590. The van der Waals surface area contributed by atoms with Gasteiger partial charge in [-0.3, -0.25) is 9.59 Å². The number of nitrogens with one attached hydrogen (secondary N) is 2. The molecule has 3 rings (SSSR count). The fraction of sp³-hybridized carbons (Fsp3) is 0.0952. The molecule has 0 aliphatic heterocycles. The van der Waals surface area contributed by atoms with Crippen LogP contribution in [0.15, 0.2) is 65.3 Å². The summed E-state index contributed by atoms with van der Waals surface area (Å²) >= 11 is 3.28. The third-order valence-corrected chi connectivity index (χ3v) is 4.51. The maximum atomic E-state index is 14.1. The van der Waals surface area contributed by atoms with Crippen molar-refractivity contribution in [3.63, 3.8) is 0 Å². The van der Waals surface area contributed by atoms with Gasteiger partial charge in [-0.1, -0.05) is 6.07 Å². The smallest absolute Gasteiger partial charge is 0.256 e. The number of hydrogen-bond acceptors (Lipinski definition) is 4. The molecule has 29 heavy (non-hydrogen) atoms. The Balaban J connectivity index is 1.72. The average Bonchev–Trinajstić information content (AvgIpc) is 2.69. The third-order valence-electron chi connectivity index (χ3n) is 4.04. The second kappa shape index (κ2) is 8.83. The SMILES string of the molecule is CN(C)c1ccc(C(=O)Nc2cccc(C(=O)Nc3ccc(Br)cn3)c2)cc1F. The van der Waals surface area contributed by atoms with Gasteiger partial charge in [0.15, 0.2) is 0 Å². The molecule has 1 aromatic heterocycles. The van der Waals surface area contributed by atoms with E-state index in [1.54, 1.807) is 67.7 Å². The van der Waals surface area contributed by atoms with Gasteiger partial charge in [-0.2, -0.15) is 0 Å². The highest BCUT2D eigenvalue weighted by molar-refractivity contribution is 9.10. The highest BCUT2D eigenvalue weighted by atomic mass is 79.9. The molecule has 8 heteroatoms. The summed E-state index contributed by atoms with van der Waals surface area (Å²) in [6.07, 6.45) is 1.58. The van der Waals surface area contributed by atoms with E-state index in [9.17, 15) is 14.0 Å². The largest absolute Gasteiger partial charge is 0.375 e. The fourth-order valence-corrected chi connectivity index (χ4v) is 2.83. The lowest BCUT2D eigenvalue weighted by atomic mass is 10.1. The van der Waals surface area contributed by atoms with Gasteiger partial charge in [-0.25, -0.2) is 9.37 Å². The topological polar surface area (TPSA) is 74.3 Å². The summed E-state index contributed by atoms with van der Waals surface area (Å²) in [7, 11) is 3.44. The van der Waals surface area contributed by atoms with Gasteiger partial charge in [-0.15, -0.1) is 0 Å². The van der Waals surface area contributed by atoms with E-state index < -0.39 is 11.7 Å². The van der Waals surface area contributed by atoms with Crippen molar-refractivity contribution in [2.45, 2.75) is 0 Å². The van der Waals surface area contributed by atoms with Crippen LogP contribution >= 0.6 is 15.9 Å². The maximum absolute atomic E-state index is 14.1. The normalized spacial score (nSPS) is 10.3. The molecular formula is C21H18BrFN4O2. The molecule has 0 atom stereocenters. The summed E-state index contributed by atoms with van der Waals surface area (Å²) in [5.74, 6) is -0.916. The molecule has 0 saturated carbocycles. The predicted octanol–water partition coefficient (Wildman–Crippen LogP) is 4.55. The molecule has 3 aromatic rings. The first-order valence-electron chi connectivity index (χ1n) is 8.64. The Kier molecular flexibility index (Phi) is 6.23. The first-order valence-corrected chi connectivity index (χ1v) is 9.44. The minimum atomic E-state index is -0.488. The van der Waals surface area contributed by atoms with Crippen LogP contribution in [0, 0.1) is 5.82 Å². The van der Waals surface area contributed by atoms with Crippen LogP contribution in [0.4, 0.5) is 21.6 Å². The van der Waals surface area contributed by atoms with E-state index in [0.29, 0.717) is 22.8 Å². The van der Waals surface area contributed by atoms with Crippen LogP contribution in [0.3, 0.4) is 0 Å². The van der Waals surface area contributed by atoms with E-state index in [1.807, 2.05) is 0 Å². The summed E-state index contributed by atoms with van der Waals surface area (Å²) in [6, 6.07) is 14.2. The third kappa shape index (κ3) is 5.17. The van der Waals surface area contributed by atoms with Crippen molar-refractivity contribution in [1.82, 2.24) is 4.98 Å². The molecular weight excluding hydrogens is 439 g/mol. The van der Waals surface area contributed by atoms with Crippen molar-refractivity contribution in [2.75, 3.05) is 29.6 Å². The number of carbonyl (C=O) groups excluding carboxylic acids is 2. The Hall–Kier alpha value is -3.26. The minimum Gasteiger partial charge on any atom is -0.375 e. The first-order chi connectivity index (χ1) is 13.8. The van der Waals surface area contributed by atoms with Crippen molar-refractivity contribution in [1.29, 1.82) is 0 Å². The van der Waals surface area contributed by atoms with E-state index in [1.165, 1.54) is 12.1 Å². The van der Waals surface area contributed by atoms with Gasteiger partial charge in [0.1, 0.15) is 11.6 Å². The second-order valence-electron chi connectivity index (χ2n) is 6.41. The molecule has 0 radical (unpaired) electrons. The summed E-state index contributed by atoms with van der Waals surface area (Å²) in [4.78, 5) is 30.6. The van der Waals surface area contributed by atoms with Crippen LogP contribution in [0.5, 0.6) is 0 Å². The van der Waals surface area contributed by atoms with E-state index in [4.69, 9.17) is 0 Å². The lowest BCUT2D eigenvalue weighted by Crippen LogP contribution is -2.16. The Morgan fingerprint density at radius 1 is 0.966 bits per heavy atom. The molecule has 2 amide bonds. The lowest BCUT2D eigenvalue weighted by molar-refractivity contribution is 0.101. The first kappa shape index (κ1) is 20.5. The zero-order chi connectivity index (χ0) is 21.0. The predicted molar refractivity (Wildman–Crippen MR) is 115 cm³/mol. The molecule has 6 nitrogen and oxygen atoms in total. The van der Waals surface area contributed by atoms with E-state index >= 15 is 0 Å². The molecule has 0 aliphatic rings. The number of pyridine rings is 1. The molecule has 148 valence electrons. The van der Waals surface area contributed by atoms with E-state index in [-0.39, 0.29) is 11.5 Å². The minimum absolute atomic E-state index is 0.182. The molecule has 1 heterocycles. The van der Waals surface area contributed by atoms with Gasteiger partial charge >= 0.3 is 0 Å². The van der Waals surface area contributed by atoms with Gasteiger partial charge in [0, 0.05) is 41.6 Å². The Bertz CT molecular complexity index is 1050. The van der Waals surface area contributed by atoms with Gasteiger partial charge < -0.3 is 15.5 Å². The highest BCUT2D eigenvalue weighted by Crippen LogP contribution is 2.20. The molecule has 0 spiro atoms. The van der Waals surface area contributed by atoms with Crippen LogP contribution in [0.1, 0.15) is 20.7 Å². The van der Waals surface area contributed by atoms with Crippen molar-refractivity contribution >= 4 is 44.9 Å². The number of hydrogen-bond donors (Lipinski definition) is 2. The van der Waals surface area contributed by atoms with Crippen molar-refractivity contribution in [2.24, 2.45) is 0 Å². The van der Waals surface area contributed by atoms with Gasteiger partial charge in [0.2, 0.25) is 0 Å². The number of nitrogens with zero attached hydrogens (tertiary/aromatic N) is 2. The van der Waals surface area contributed by atoms with E-state index in [2.05, 4.69) is 31.5 Å². The Labute approximate surface area is 175 Å². The van der Waals surface area contributed by atoms with E-state index in [0.717, 1.165) is 4.47 Å². The number of anilines is 3. The number of carbonyl (C=O) groups is 2. The molecule has 2 N–H and O–H groups in total. The monoisotopic (exact) mass is 456 g/mol. The standard InChI is InChI=1S/C21H18BrFN4O2/c1-27(2)18-8-6-14(11-17(18)23)20(28)25-16-5-3-4-13(10-16)21(29)26-19-9-7-15(22)12-24-19/h3-12H,1-2H3,(H,25,28)(H,24,26,29).